The zero-order valence-electron chi connectivity index (χ0n) is 16.7. The summed E-state index contributed by atoms with van der Waals surface area (Å²) in [4.78, 5) is 26.2. The van der Waals surface area contributed by atoms with E-state index < -0.39 is 0 Å². The molecule has 7 nitrogen and oxygen atoms in total. The smallest absolute Gasteiger partial charge is 0.295 e. The molecule has 2 aromatic rings. The molecule has 156 valence electrons. The molecule has 0 radical (unpaired) electrons. The van der Waals surface area contributed by atoms with Gasteiger partial charge in [0, 0.05) is 30.9 Å². The molecule has 1 unspecified atom stereocenters. The van der Waals surface area contributed by atoms with Crippen molar-refractivity contribution in [2.24, 2.45) is 11.8 Å². The fourth-order valence-corrected chi connectivity index (χ4v) is 5.43. The molecule has 1 aliphatic heterocycles. The van der Waals surface area contributed by atoms with Crippen LogP contribution < -0.4 is 10.9 Å². The number of piperidine rings is 1. The van der Waals surface area contributed by atoms with Gasteiger partial charge in [0.25, 0.3) is 5.56 Å². The van der Waals surface area contributed by atoms with Crippen molar-refractivity contribution in [1.82, 2.24) is 23.8 Å². The minimum absolute atomic E-state index is 0.0854. The fourth-order valence-electron chi connectivity index (χ4n) is 4.11. The Labute approximate surface area is 179 Å². The molecular formula is C20H27ClN6OS. The first-order valence-electron chi connectivity index (χ1n) is 10.7. The number of rotatable bonds is 7. The standard InChI is InChI=1S/C20H27ClN6OS/c1-12(14-2-3-14)27-18-16(11-23-20(21)25-18)24-17(19(27)28)22-10-13-6-8-26(9-7-13)29-15-4-5-15/h11-15H,2-10H2,1H3,(H,22,24). The van der Waals surface area contributed by atoms with Crippen molar-refractivity contribution in [3.05, 3.63) is 21.8 Å². The molecule has 2 aliphatic carbocycles. The van der Waals surface area contributed by atoms with E-state index in [1.165, 1.54) is 12.8 Å². The molecule has 29 heavy (non-hydrogen) atoms. The number of nitrogens with zero attached hydrogens (tertiary/aromatic N) is 5. The van der Waals surface area contributed by atoms with Gasteiger partial charge in [-0.3, -0.25) is 13.7 Å². The summed E-state index contributed by atoms with van der Waals surface area (Å²) in [7, 11) is 0. The predicted molar refractivity (Wildman–Crippen MR) is 117 cm³/mol. The van der Waals surface area contributed by atoms with Gasteiger partial charge in [-0.2, -0.15) is 4.98 Å². The summed E-state index contributed by atoms with van der Waals surface area (Å²) in [5.74, 6) is 1.50. The van der Waals surface area contributed by atoms with Crippen LogP contribution in [0.1, 0.15) is 51.5 Å². The lowest BCUT2D eigenvalue weighted by Crippen LogP contribution is -2.34. The molecule has 9 heteroatoms. The maximum absolute atomic E-state index is 13.2. The molecule has 5 rings (SSSR count). The zero-order valence-corrected chi connectivity index (χ0v) is 18.3. The van der Waals surface area contributed by atoms with Crippen molar-refractivity contribution in [3.63, 3.8) is 0 Å². The molecule has 0 spiro atoms. The van der Waals surface area contributed by atoms with Crippen molar-refractivity contribution >= 4 is 40.5 Å². The fraction of sp³-hybridized carbons (Fsp3) is 0.700. The van der Waals surface area contributed by atoms with Gasteiger partial charge in [-0.15, -0.1) is 0 Å². The molecular weight excluding hydrogens is 408 g/mol. The molecule has 3 fully saturated rings. The van der Waals surface area contributed by atoms with E-state index in [-0.39, 0.29) is 16.9 Å². The summed E-state index contributed by atoms with van der Waals surface area (Å²) in [6, 6.07) is 0.0854. The van der Waals surface area contributed by atoms with Gasteiger partial charge in [0.2, 0.25) is 5.28 Å². The molecule has 0 bridgehead atoms. The van der Waals surface area contributed by atoms with E-state index in [4.69, 9.17) is 11.6 Å². The van der Waals surface area contributed by atoms with Crippen molar-refractivity contribution in [2.45, 2.75) is 56.7 Å². The third kappa shape index (κ3) is 4.39. The highest BCUT2D eigenvalue weighted by Crippen LogP contribution is 2.40. The third-order valence-electron chi connectivity index (χ3n) is 6.27. The van der Waals surface area contributed by atoms with Crippen molar-refractivity contribution in [1.29, 1.82) is 0 Å². The second-order valence-electron chi connectivity index (χ2n) is 8.62. The lowest BCUT2D eigenvalue weighted by atomic mass is 9.98. The Hall–Kier alpha value is -1.38. The van der Waals surface area contributed by atoms with Gasteiger partial charge in [0.15, 0.2) is 11.5 Å². The van der Waals surface area contributed by atoms with Gasteiger partial charge in [-0.25, -0.2) is 9.97 Å². The Morgan fingerprint density at radius 2 is 1.97 bits per heavy atom. The largest absolute Gasteiger partial charge is 0.365 e. The van der Waals surface area contributed by atoms with Crippen LogP contribution in [0.15, 0.2) is 11.0 Å². The van der Waals surface area contributed by atoms with Crippen molar-refractivity contribution < 1.29 is 0 Å². The molecule has 1 saturated heterocycles. The normalized spacial score (nSPS) is 22.1. The van der Waals surface area contributed by atoms with E-state index in [2.05, 4.69) is 31.5 Å². The number of anilines is 1. The lowest BCUT2D eigenvalue weighted by molar-refractivity contribution is 0.301. The second kappa shape index (κ2) is 8.04. The molecule has 0 amide bonds. The quantitative estimate of drug-likeness (QED) is 0.525. The highest BCUT2D eigenvalue weighted by Gasteiger charge is 2.32. The molecule has 0 aromatic carbocycles. The lowest BCUT2D eigenvalue weighted by Gasteiger charge is -2.31. The first kappa shape index (κ1) is 19.6. The van der Waals surface area contributed by atoms with Crippen molar-refractivity contribution in [2.75, 3.05) is 25.0 Å². The molecule has 1 N–H and O–H groups in total. The minimum Gasteiger partial charge on any atom is -0.365 e. The Kier molecular flexibility index (Phi) is 5.43. The monoisotopic (exact) mass is 434 g/mol. The number of nitrogens with one attached hydrogen (secondary N) is 1. The average Bonchev–Trinajstić information content (AvgIpc) is 3.61. The van der Waals surface area contributed by atoms with Gasteiger partial charge < -0.3 is 5.32 Å². The van der Waals surface area contributed by atoms with Crippen LogP contribution in [0.4, 0.5) is 5.82 Å². The van der Waals surface area contributed by atoms with Crippen LogP contribution in [-0.4, -0.2) is 48.7 Å². The SMILES string of the molecule is CC(C1CC1)n1c(=O)c(NCC2CCN(SC3CC3)CC2)nc2cnc(Cl)nc21. The molecule has 3 aliphatic rings. The maximum atomic E-state index is 13.2. The van der Waals surface area contributed by atoms with E-state index in [0.29, 0.717) is 28.8 Å². The average molecular weight is 435 g/mol. The van der Waals surface area contributed by atoms with Crippen LogP contribution in [0.3, 0.4) is 0 Å². The first-order chi connectivity index (χ1) is 14.1. The van der Waals surface area contributed by atoms with Gasteiger partial charge in [0.05, 0.1) is 6.20 Å². The number of halogens is 1. The highest BCUT2D eigenvalue weighted by molar-refractivity contribution is 7.97. The van der Waals surface area contributed by atoms with E-state index >= 15 is 0 Å². The van der Waals surface area contributed by atoms with Gasteiger partial charge in [-0.05, 0) is 68.9 Å². The minimum atomic E-state index is -0.103. The second-order valence-corrected chi connectivity index (χ2v) is 10.4. The maximum Gasteiger partial charge on any atom is 0.295 e. The summed E-state index contributed by atoms with van der Waals surface area (Å²) in [6.07, 6.45) is 8.98. The van der Waals surface area contributed by atoms with Crippen LogP contribution in [0.2, 0.25) is 5.28 Å². The molecule has 2 saturated carbocycles. The third-order valence-corrected chi connectivity index (χ3v) is 7.88. The predicted octanol–water partition coefficient (Wildman–Crippen LogP) is 3.75. The van der Waals surface area contributed by atoms with Gasteiger partial charge in [0.1, 0.15) is 5.52 Å². The van der Waals surface area contributed by atoms with E-state index in [9.17, 15) is 4.79 Å². The van der Waals surface area contributed by atoms with Crippen LogP contribution in [-0.2, 0) is 0 Å². The summed E-state index contributed by atoms with van der Waals surface area (Å²) in [6.45, 7) is 5.13. The van der Waals surface area contributed by atoms with Crippen LogP contribution in [0.5, 0.6) is 0 Å². The van der Waals surface area contributed by atoms with Crippen LogP contribution >= 0.6 is 23.5 Å². The molecule has 2 aromatic heterocycles. The Morgan fingerprint density at radius 1 is 1.21 bits per heavy atom. The van der Waals surface area contributed by atoms with Gasteiger partial charge in [-0.1, -0.05) is 11.9 Å². The topological polar surface area (TPSA) is 75.9 Å². The number of fused-ring (bicyclic) bond motifs is 1. The van der Waals surface area contributed by atoms with E-state index in [1.807, 2.05) is 11.9 Å². The Bertz CT molecular complexity index is 952. The number of hydrogen-bond donors (Lipinski definition) is 1. The van der Waals surface area contributed by atoms with Crippen molar-refractivity contribution in [3.8, 4) is 0 Å². The Balaban J connectivity index is 1.32. The molecule has 3 heterocycles. The molecule has 1 atom stereocenters. The summed E-state index contributed by atoms with van der Waals surface area (Å²) in [5.41, 5.74) is 1.04. The summed E-state index contributed by atoms with van der Waals surface area (Å²) in [5, 5.41) is 4.37. The number of hydrogen-bond acceptors (Lipinski definition) is 7. The van der Waals surface area contributed by atoms with Gasteiger partial charge >= 0.3 is 0 Å². The number of aromatic nitrogens is 4. The summed E-state index contributed by atoms with van der Waals surface area (Å²) >= 11 is 8.05. The Morgan fingerprint density at radius 3 is 2.66 bits per heavy atom. The van der Waals surface area contributed by atoms with Crippen LogP contribution in [0.25, 0.3) is 11.2 Å². The highest BCUT2D eigenvalue weighted by atomic mass is 35.5. The summed E-state index contributed by atoms with van der Waals surface area (Å²) < 4.78 is 4.29. The zero-order chi connectivity index (χ0) is 20.0. The van der Waals surface area contributed by atoms with Crippen LogP contribution in [0, 0.1) is 11.8 Å². The van der Waals surface area contributed by atoms with E-state index in [0.717, 1.165) is 50.6 Å². The first-order valence-corrected chi connectivity index (χ1v) is 11.9. The van der Waals surface area contributed by atoms with E-state index in [1.54, 1.807) is 10.8 Å².